The monoisotopic (exact) mass is 492 g/mol. The number of benzene rings is 2. The molecule has 4 aliphatic carbocycles. The summed E-state index contributed by atoms with van der Waals surface area (Å²) in [6.07, 6.45) is 6.78. The van der Waals surface area contributed by atoms with Crippen molar-refractivity contribution in [3.8, 4) is 0 Å². The summed E-state index contributed by atoms with van der Waals surface area (Å²) in [5.41, 5.74) is -0.00439. The number of carbonyl (C=O) groups excluding carboxylic acids is 1. The van der Waals surface area contributed by atoms with Crippen LogP contribution in [0.3, 0.4) is 0 Å². The summed E-state index contributed by atoms with van der Waals surface area (Å²) in [7, 11) is -4.03. The summed E-state index contributed by atoms with van der Waals surface area (Å²) in [4.78, 5) is 13.4. The summed E-state index contributed by atoms with van der Waals surface area (Å²) in [5, 5.41) is 3.83. The number of nitrogens with zero attached hydrogens (tertiary/aromatic N) is 1. The summed E-state index contributed by atoms with van der Waals surface area (Å²) >= 11 is 12.5. The molecule has 4 fully saturated rings. The molecular weight excluding hydrogens is 467 g/mol. The van der Waals surface area contributed by atoms with Crippen LogP contribution in [0.5, 0.6) is 0 Å². The van der Waals surface area contributed by atoms with Crippen molar-refractivity contribution in [2.75, 3.05) is 10.8 Å². The van der Waals surface area contributed by atoms with E-state index in [0.29, 0.717) is 22.8 Å². The first kappa shape index (κ1) is 22.1. The van der Waals surface area contributed by atoms with E-state index in [9.17, 15) is 13.2 Å². The fourth-order valence-electron chi connectivity index (χ4n) is 6.43. The third-order valence-electron chi connectivity index (χ3n) is 7.24. The standard InChI is InChI=1S/C24H26Cl2N2O3S/c25-19-6-7-21(26)22(11-19)28(32(30,31)20-4-2-1-3-5-20)15-23(29)27-24-12-16-8-17(13-24)10-18(9-16)14-24/h1-7,11,16-18H,8-10,12-15H2,(H,27,29). The third kappa shape index (κ3) is 4.13. The highest BCUT2D eigenvalue weighted by Gasteiger charge is 2.51. The smallest absolute Gasteiger partial charge is 0.264 e. The third-order valence-corrected chi connectivity index (χ3v) is 9.57. The van der Waals surface area contributed by atoms with Crippen LogP contribution in [-0.2, 0) is 14.8 Å². The van der Waals surface area contributed by atoms with Gasteiger partial charge in [-0.15, -0.1) is 0 Å². The predicted molar refractivity (Wildman–Crippen MR) is 126 cm³/mol. The molecule has 0 spiro atoms. The maximum atomic E-state index is 13.5. The number of anilines is 1. The van der Waals surface area contributed by atoms with Crippen LogP contribution in [0.4, 0.5) is 5.69 Å². The first-order valence-electron chi connectivity index (χ1n) is 11.1. The van der Waals surface area contributed by atoms with Crippen LogP contribution in [0.25, 0.3) is 0 Å². The van der Waals surface area contributed by atoms with Gasteiger partial charge >= 0.3 is 0 Å². The second kappa shape index (κ2) is 8.23. The maximum Gasteiger partial charge on any atom is 0.264 e. The molecule has 0 aliphatic heterocycles. The van der Waals surface area contributed by atoms with Crippen molar-refractivity contribution in [2.24, 2.45) is 17.8 Å². The molecule has 2 aromatic carbocycles. The van der Waals surface area contributed by atoms with Crippen LogP contribution in [0.1, 0.15) is 38.5 Å². The van der Waals surface area contributed by atoms with E-state index < -0.39 is 10.0 Å². The van der Waals surface area contributed by atoms with Crippen molar-refractivity contribution in [3.05, 3.63) is 58.6 Å². The van der Waals surface area contributed by atoms with Gasteiger partial charge in [-0.1, -0.05) is 41.4 Å². The Morgan fingerprint density at radius 1 is 0.969 bits per heavy atom. The Morgan fingerprint density at radius 2 is 1.56 bits per heavy atom. The number of carbonyl (C=O) groups is 1. The Bertz CT molecular complexity index is 1100. The molecule has 0 saturated heterocycles. The first-order chi connectivity index (χ1) is 15.2. The SMILES string of the molecule is O=C(CN(c1cc(Cl)ccc1Cl)S(=O)(=O)c1ccccc1)NC12CC3CC(CC(C3)C1)C2. The highest BCUT2D eigenvalue weighted by molar-refractivity contribution is 7.92. The zero-order valence-electron chi connectivity index (χ0n) is 17.6. The lowest BCUT2D eigenvalue weighted by molar-refractivity contribution is -0.125. The van der Waals surface area contributed by atoms with Gasteiger partial charge < -0.3 is 5.32 Å². The normalized spacial score (nSPS) is 28.5. The highest BCUT2D eigenvalue weighted by Crippen LogP contribution is 2.55. The topological polar surface area (TPSA) is 66.5 Å². The van der Waals surface area contributed by atoms with E-state index in [0.717, 1.165) is 23.6 Å². The van der Waals surface area contributed by atoms with Gasteiger partial charge in [-0.2, -0.15) is 0 Å². The molecule has 0 radical (unpaired) electrons. The van der Waals surface area contributed by atoms with Crippen molar-refractivity contribution in [1.82, 2.24) is 5.32 Å². The minimum atomic E-state index is -4.03. The van der Waals surface area contributed by atoms with E-state index >= 15 is 0 Å². The Morgan fingerprint density at radius 3 is 2.16 bits per heavy atom. The predicted octanol–water partition coefficient (Wildman–Crippen LogP) is 5.27. The minimum Gasteiger partial charge on any atom is -0.349 e. The molecule has 0 unspecified atom stereocenters. The van der Waals surface area contributed by atoms with Crippen LogP contribution < -0.4 is 9.62 Å². The van der Waals surface area contributed by atoms with Gasteiger partial charge in [0.05, 0.1) is 15.6 Å². The van der Waals surface area contributed by atoms with Crippen LogP contribution in [0, 0.1) is 17.8 Å². The van der Waals surface area contributed by atoms with E-state index in [1.54, 1.807) is 30.3 Å². The van der Waals surface area contributed by atoms with Gasteiger partial charge in [0, 0.05) is 10.6 Å². The second-order valence-electron chi connectivity index (χ2n) is 9.67. The lowest BCUT2D eigenvalue weighted by Gasteiger charge is -2.57. The average Bonchev–Trinajstić information content (AvgIpc) is 2.73. The van der Waals surface area contributed by atoms with Crippen molar-refractivity contribution >= 4 is 44.8 Å². The lowest BCUT2D eigenvalue weighted by atomic mass is 9.53. The van der Waals surface area contributed by atoms with Crippen LogP contribution in [-0.4, -0.2) is 26.4 Å². The van der Waals surface area contributed by atoms with Gasteiger partial charge in [0.15, 0.2) is 0 Å². The van der Waals surface area contributed by atoms with E-state index in [1.807, 2.05) is 0 Å². The molecule has 0 atom stereocenters. The fourth-order valence-corrected chi connectivity index (χ4v) is 8.31. The molecule has 1 N–H and O–H groups in total. The Kier molecular flexibility index (Phi) is 5.67. The summed E-state index contributed by atoms with van der Waals surface area (Å²) < 4.78 is 28.2. The molecule has 2 aromatic rings. The fraction of sp³-hybridized carbons (Fsp3) is 0.458. The first-order valence-corrected chi connectivity index (χ1v) is 13.3. The van der Waals surface area contributed by atoms with Gasteiger partial charge in [-0.3, -0.25) is 9.10 Å². The molecule has 6 rings (SSSR count). The molecular formula is C24H26Cl2N2O3S. The van der Waals surface area contributed by atoms with Crippen molar-refractivity contribution < 1.29 is 13.2 Å². The van der Waals surface area contributed by atoms with Crippen molar-refractivity contribution in [3.63, 3.8) is 0 Å². The quantitative estimate of drug-likeness (QED) is 0.596. The number of hydrogen-bond donors (Lipinski definition) is 1. The van der Waals surface area contributed by atoms with Gasteiger partial charge in [0.2, 0.25) is 5.91 Å². The van der Waals surface area contributed by atoms with Crippen LogP contribution in [0.15, 0.2) is 53.4 Å². The number of amides is 1. The molecule has 4 saturated carbocycles. The molecule has 1 amide bonds. The van der Waals surface area contributed by atoms with Crippen LogP contribution in [0.2, 0.25) is 10.0 Å². The number of nitrogens with one attached hydrogen (secondary N) is 1. The molecule has 5 nitrogen and oxygen atoms in total. The number of hydrogen-bond acceptors (Lipinski definition) is 3. The number of halogens is 2. The van der Waals surface area contributed by atoms with Gasteiger partial charge in [-0.25, -0.2) is 8.42 Å². The maximum absolute atomic E-state index is 13.5. The van der Waals surface area contributed by atoms with Gasteiger partial charge in [0.1, 0.15) is 6.54 Å². The Labute approximate surface area is 199 Å². The van der Waals surface area contributed by atoms with Gasteiger partial charge in [-0.05, 0) is 86.6 Å². The second-order valence-corrected chi connectivity index (χ2v) is 12.4. The van der Waals surface area contributed by atoms with E-state index in [2.05, 4.69) is 5.32 Å². The zero-order valence-corrected chi connectivity index (χ0v) is 20.0. The zero-order chi connectivity index (χ0) is 22.5. The Hall–Kier alpha value is -1.76. The van der Waals surface area contributed by atoms with E-state index in [4.69, 9.17) is 23.2 Å². The van der Waals surface area contributed by atoms with E-state index in [1.165, 1.54) is 37.5 Å². The summed E-state index contributed by atoms with van der Waals surface area (Å²) in [6.45, 7) is -0.348. The van der Waals surface area contributed by atoms with Crippen molar-refractivity contribution in [2.45, 2.75) is 49.0 Å². The average molecular weight is 493 g/mol. The Balaban J connectivity index is 1.45. The highest BCUT2D eigenvalue weighted by atomic mass is 35.5. The minimum absolute atomic E-state index is 0.0960. The number of rotatable bonds is 6. The van der Waals surface area contributed by atoms with Crippen molar-refractivity contribution in [1.29, 1.82) is 0 Å². The molecule has 0 heterocycles. The molecule has 32 heavy (non-hydrogen) atoms. The van der Waals surface area contributed by atoms with Crippen LogP contribution >= 0.6 is 23.2 Å². The molecule has 8 heteroatoms. The lowest BCUT2D eigenvalue weighted by Crippen LogP contribution is -2.61. The molecule has 0 aromatic heterocycles. The largest absolute Gasteiger partial charge is 0.349 e. The summed E-state index contributed by atoms with van der Waals surface area (Å²) in [5.74, 6) is 1.72. The van der Waals surface area contributed by atoms with E-state index in [-0.39, 0.29) is 33.6 Å². The molecule has 4 bridgehead atoms. The number of sulfonamides is 1. The molecule has 170 valence electrons. The molecule has 4 aliphatic rings. The van der Waals surface area contributed by atoms with Gasteiger partial charge in [0.25, 0.3) is 10.0 Å². The summed E-state index contributed by atoms with van der Waals surface area (Å²) in [6, 6.07) is 12.7.